The average Bonchev–Trinajstić information content (AvgIpc) is 2.62. The fraction of sp³-hybridized carbons (Fsp3) is 0.333. The van der Waals surface area contributed by atoms with Crippen molar-refractivity contribution in [2.45, 2.75) is 18.4 Å². The Kier molecular flexibility index (Phi) is 3.80. The zero-order chi connectivity index (χ0) is 15.7. The van der Waals surface area contributed by atoms with Gasteiger partial charge in [-0.3, -0.25) is 0 Å². The molecule has 0 saturated carbocycles. The van der Waals surface area contributed by atoms with Crippen LogP contribution in [0.4, 0.5) is 0 Å². The van der Waals surface area contributed by atoms with E-state index in [1.807, 2.05) is 18.2 Å². The Labute approximate surface area is 138 Å². The van der Waals surface area contributed by atoms with Crippen molar-refractivity contribution in [2.24, 2.45) is 5.92 Å². The maximum atomic E-state index is 11.2. The first-order valence-electron chi connectivity index (χ1n) is 8.52. The second kappa shape index (κ2) is 5.95. The van der Waals surface area contributed by atoms with Crippen molar-refractivity contribution < 1.29 is 5.11 Å². The lowest BCUT2D eigenvalue weighted by atomic mass is 9.71. The summed E-state index contributed by atoms with van der Waals surface area (Å²) in [6.45, 7) is 3.08. The minimum Gasteiger partial charge on any atom is -0.384 e. The largest absolute Gasteiger partial charge is 0.384 e. The van der Waals surface area contributed by atoms with Gasteiger partial charge in [-0.15, -0.1) is 0 Å². The molecule has 5 rings (SSSR count). The molecule has 2 heteroatoms. The van der Waals surface area contributed by atoms with Gasteiger partial charge in [-0.05, 0) is 48.5 Å². The second-order valence-electron chi connectivity index (χ2n) is 6.84. The fourth-order valence-corrected chi connectivity index (χ4v) is 4.01. The number of piperidine rings is 3. The lowest BCUT2D eigenvalue weighted by Crippen LogP contribution is -2.57. The molecule has 1 unspecified atom stereocenters. The lowest BCUT2D eigenvalue weighted by molar-refractivity contribution is -0.117. The molecule has 0 aromatic heterocycles. The van der Waals surface area contributed by atoms with Crippen LogP contribution in [0, 0.1) is 5.92 Å². The van der Waals surface area contributed by atoms with Crippen LogP contribution in [0.5, 0.6) is 0 Å². The number of nitrogens with zero attached hydrogens (tertiary/aromatic N) is 1. The Hall–Kier alpha value is -1.90. The Morgan fingerprint density at radius 3 is 2.04 bits per heavy atom. The van der Waals surface area contributed by atoms with E-state index in [2.05, 4.69) is 53.5 Å². The quantitative estimate of drug-likeness (QED) is 0.873. The third kappa shape index (κ3) is 2.85. The first-order valence-corrected chi connectivity index (χ1v) is 8.52. The smallest absolute Gasteiger partial charge is 0.105 e. The number of aliphatic hydroxyl groups is 1. The molecule has 1 N–H and O–H groups in total. The summed E-state index contributed by atoms with van der Waals surface area (Å²) in [4.78, 5) is 2.39. The number of fused-ring (bicyclic) bond motifs is 3. The molecule has 0 spiro atoms. The van der Waals surface area contributed by atoms with Crippen molar-refractivity contribution in [2.75, 3.05) is 19.6 Å². The molecule has 3 saturated heterocycles. The third-order valence-corrected chi connectivity index (χ3v) is 5.41. The fourth-order valence-electron chi connectivity index (χ4n) is 4.01. The SMILES string of the molecule is OC1(c2ccc(/C=C/c3ccccc3)cc2)CN2CCC1CC2. The highest BCUT2D eigenvalue weighted by Gasteiger charge is 2.46. The molecule has 3 fully saturated rings. The maximum absolute atomic E-state index is 11.2. The van der Waals surface area contributed by atoms with Crippen molar-refractivity contribution in [1.29, 1.82) is 0 Å². The maximum Gasteiger partial charge on any atom is 0.105 e. The van der Waals surface area contributed by atoms with Gasteiger partial charge in [-0.1, -0.05) is 66.7 Å². The molecule has 0 amide bonds. The summed E-state index contributed by atoms with van der Waals surface area (Å²) in [5, 5.41) is 11.2. The molecule has 2 aromatic carbocycles. The highest BCUT2D eigenvalue weighted by molar-refractivity contribution is 5.69. The molecule has 2 bridgehead atoms. The van der Waals surface area contributed by atoms with Crippen molar-refractivity contribution in [1.82, 2.24) is 4.90 Å². The minimum absolute atomic E-state index is 0.415. The highest BCUT2D eigenvalue weighted by atomic mass is 16.3. The number of hydrogen-bond acceptors (Lipinski definition) is 2. The van der Waals surface area contributed by atoms with Crippen LogP contribution in [-0.4, -0.2) is 29.6 Å². The Balaban J connectivity index is 1.53. The van der Waals surface area contributed by atoms with Gasteiger partial charge in [0.15, 0.2) is 0 Å². The van der Waals surface area contributed by atoms with Gasteiger partial charge in [0.2, 0.25) is 0 Å². The van der Waals surface area contributed by atoms with Gasteiger partial charge in [-0.2, -0.15) is 0 Å². The molecule has 2 aromatic rings. The summed E-state index contributed by atoms with van der Waals surface area (Å²) in [5.41, 5.74) is 2.79. The molecule has 3 aliphatic rings. The standard InChI is InChI=1S/C21H23NO/c23-21(16-22-14-12-20(21)13-15-22)19-10-8-18(9-11-19)7-6-17-4-2-1-3-5-17/h1-11,20,23H,12-16H2/b7-6+. The summed E-state index contributed by atoms with van der Waals surface area (Å²) in [6.07, 6.45) is 6.48. The van der Waals surface area contributed by atoms with E-state index in [0.717, 1.165) is 38.0 Å². The van der Waals surface area contributed by atoms with Crippen molar-refractivity contribution in [3.05, 3.63) is 71.3 Å². The van der Waals surface area contributed by atoms with E-state index in [0.29, 0.717) is 5.92 Å². The zero-order valence-corrected chi connectivity index (χ0v) is 13.4. The Morgan fingerprint density at radius 2 is 1.48 bits per heavy atom. The van der Waals surface area contributed by atoms with Crippen LogP contribution < -0.4 is 0 Å². The Bertz CT molecular complexity index is 684. The lowest BCUT2D eigenvalue weighted by Gasteiger charge is -2.50. The highest BCUT2D eigenvalue weighted by Crippen LogP contribution is 2.42. The van der Waals surface area contributed by atoms with Crippen LogP contribution >= 0.6 is 0 Å². The van der Waals surface area contributed by atoms with Crippen LogP contribution in [0.1, 0.15) is 29.5 Å². The van der Waals surface area contributed by atoms with Gasteiger partial charge in [0.1, 0.15) is 5.60 Å². The van der Waals surface area contributed by atoms with E-state index in [4.69, 9.17) is 0 Å². The van der Waals surface area contributed by atoms with Gasteiger partial charge < -0.3 is 10.0 Å². The van der Waals surface area contributed by atoms with E-state index < -0.39 is 5.60 Å². The summed E-state index contributed by atoms with van der Waals surface area (Å²) >= 11 is 0. The van der Waals surface area contributed by atoms with Crippen molar-refractivity contribution in [3.63, 3.8) is 0 Å². The third-order valence-electron chi connectivity index (χ3n) is 5.41. The molecule has 0 aliphatic carbocycles. The molecule has 23 heavy (non-hydrogen) atoms. The monoisotopic (exact) mass is 305 g/mol. The summed E-state index contributed by atoms with van der Waals surface area (Å²) in [5.74, 6) is 0.415. The molecular formula is C21H23NO. The molecule has 3 aliphatic heterocycles. The van der Waals surface area contributed by atoms with Gasteiger partial charge in [0.05, 0.1) is 0 Å². The molecule has 3 heterocycles. The van der Waals surface area contributed by atoms with Crippen molar-refractivity contribution >= 4 is 12.2 Å². The molecule has 2 nitrogen and oxygen atoms in total. The average molecular weight is 305 g/mol. The van der Waals surface area contributed by atoms with Crippen LogP contribution in [0.15, 0.2) is 54.6 Å². The normalized spacial score (nSPS) is 30.0. The topological polar surface area (TPSA) is 23.5 Å². The Morgan fingerprint density at radius 1 is 0.870 bits per heavy atom. The van der Waals surface area contributed by atoms with Gasteiger partial charge >= 0.3 is 0 Å². The number of hydrogen-bond donors (Lipinski definition) is 1. The van der Waals surface area contributed by atoms with Gasteiger partial charge in [0, 0.05) is 6.54 Å². The zero-order valence-electron chi connectivity index (χ0n) is 13.4. The van der Waals surface area contributed by atoms with Gasteiger partial charge in [0.25, 0.3) is 0 Å². The van der Waals surface area contributed by atoms with E-state index >= 15 is 0 Å². The first-order chi connectivity index (χ1) is 11.2. The van der Waals surface area contributed by atoms with Crippen LogP contribution in [0.25, 0.3) is 12.2 Å². The predicted octanol–water partition coefficient (Wildman–Crippen LogP) is 3.77. The van der Waals surface area contributed by atoms with E-state index in [1.165, 1.54) is 11.1 Å². The number of benzene rings is 2. The van der Waals surface area contributed by atoms with E-state index in [-0.39, 0.29) is 0 Å². The van der Waals surface area contributed by atoms with Gasteiger partial charge in [-0.25, -0.2) is 0 Å². The van der Waals surface area contributed by atoms with E-state index in [1.54, 1.807) is 0 Å². The van der Waals surface area contributed by atoms with Crippen LogP contribution in [0.3, 0.4) is 0 Å². The minimum atomic E-state index is -0.655. The summed E-state index contributed by atoms with van der Waals surface area (Å²) in [6, 6.07) is 18.8. The molecule has 1 atom stereocenters. The molecular weight excluding hydrogens is 282 g/mol. The molecule has 118 valence electrons. The van der Waals surface area contributed by atoms with E-state index in [9.17, 15) is 5.11 Å². The van der Waals surface area contributed by atoms with Crippen LogP contribution in [-0.2, 0) is 5.60 Å². The molecule has 0 radical (unpaired) electrons. The second-order valence-corrected chi connectivity index (χ2v) is 6.84. The predicted molar refractivity (Wildman–Crippen MR) is 94.9 cm³/mol. The number of rotatable bonds is 3. The first kappa shape index (κ1) is 14.7. The summed E-state index contributed by atoms with van der Waals surface area (Å²) in [7, 11) is 0. The summed E-state index contributed by atoms with van der Waals surface area (Å²) < 4.78 is 0. The van der Waals surface area contributed by atoms with Crippen molar-refractivity contribution in [3.8, 4) is 0 Å². The van der Waals surface area contributed by atoms with Crippen LogP contribution in [0.2, 0.25) is 0 Å².